The Labute approximate surface area is 670 Å². The number of benzene rings is 4. The van der Waals surface area contributed by atoms with Crippen LogP contribution in [0.4, 0.5) is 0 Å². The Balaban J connectivity index is 1.47. The minimum Gasteiger partial charge on any atom is -0.480 e. The quantitative estimate of drug-likeness (QED) is 0.0182. The summed E-state index contributed by atoms with van der Waals surface area (Å²) in [5.41, 5.74) is 25.6. The Morgan fingerprint density at radius 3 is 1.30 bits per heavy atom. The van der Waals surface area contributed by atoms with Crippen LogP contribution in [0.15, 0.2) is 121 Å². The van der Waals surface area contributed by atoms with Crippen LogP contribution in [0.5, 0.6) is 0 Å². The predicted octanol–water partition coefficient (Wildman–Crippen LogP) is -4.91. The first kappa shape index (κ1) is 92.8. The zero-order valence-electron chi connectivity index (χ0n) is 63.8. The number of hydrogen-bond acceptors (Lipinski definition) is 23. The Bertz CT molecular complexity index is 4130. The highest BCUT2D eigenvalue weighted by Crippen LogP contribution is 2.25. The molecule has 5 aromatic rings. The third-order valence-corrected chi connectivity index (χ3v) is 20.7. The predicted molar refractivity (Wildman–Crippen MR) is 425 cm³/mol. The number of aliphatic carboxylic acids is 1. The van der Waals surface area contributed by atoms with Crippen LogP contribution in [-0.4, -0.2) is 243 Å². The molecule has 39 heteroatoms. The number of aromatic amines is 1. The summed E-state index contributed by atoms with van der Waals surface area (Å²) >= 11 is 0. The van der Waals surface area contributed by atoms with Crippen molar-refractivity contribution in [1.29, 1.82) is 0 Å². The minimum atomic E-state index is -1.99. The minimum absolute atomic E-state index is 0.104. The van der Waals surface area contributed by atoms with E-state index < -0.39 is 210 Å². The average Bonchev–Trinajstić information content (AvgIpc) is 1.71. The van der Waals surface area contributed by atoms with Gasteiger partial charge in [0.1, 0.15) is 72.5 Å². The standard InChI is InChI=1S/C76H104N18O19S2/c1-41(79)64(100)82-37-61(99)83-58-39-114-115-40-59(76(112)113)92-72(108)57(38-95)91-75(111)63(43(3)97)94-71(107)54(33-46-23-11-6-12-24-46)90-74(110)62(42(2)96)93-66(102)51(28-16-18-30-78)84-69(105)55(34-47-36-81-49-26-14-13-25-48(47)49)88-68(104)53(32-45-21-9-5-10-22-45)86-67(103)52(31-44-19-7-4-8-20-44)87-70(106)56(35-60(80)98)89-65(101)50(85-73(58)109)27-15-17-29-77/h4-14,19-26,36,41-43,50-59,62-63,81,95-97H,15-18,27-35,37-40,77-79H2,1-3H3,(H2,80,98)(H,82,100)(H,83,99)(H,84,105)(H,85,109)(H,86,103)(H,87,106)(H,88,104)(H,89,101)(H,90,110)(H,91,111)(H,92,108)(H,93,102)(H,94,107)(H,112,113)/t41-,42+,43+,50-,51-,52-,53-,54-,55-,56-,57-,58+,59+,62-,63-/m0/s1. The van der Waals surface area contributed by atoms with Gasteiger partial charge in [0.25, 0.3) is 0 Å². The summed E-state index contributed by atoms with van der Waals surface area (Å²) in [5.74, 6) is -17.7. The number of carbonyl (C=O) groups excluding carboxylic acids is 14. The molecule has 2 heterocycles. The summed E-state index contributed by atoms with van der Waals surface area (Å²) in [5, 5.41) is 76.1. The first-order valence-corrected chi connectivity index (χ1v) is 39.8. The fraction of sp³-hybridized carbons (Fsp3) is 0.461. The Kier molecular flexibility index (Phi) is 38.4. The fourth-order valence-corrected chi connectivity index (χ4v) is 14.3. The number of para-hydroxylation sites is 1. The van der Waals surface area contributed by atoms with Gasteiger partial charge in [-0.25, -0.2) is 4.79 Å². The van der Waals surface area contributed by atoms with Crippen molar-refractivity contribution in [2.75, 3.05) is 37.7 Å². The number of nitrogens with two attached hydrogens (primary N) is 4. The average molecular weight is 1640 g/mol. The van der Waals surface area contributed by atoms with E-state index >= 15 is 14.4 Å². The number of H-pyrrole nitrogens is 1. The summed E-state index contributed by atoms with van der Waals surface area (Å²) < 4.78 is 0. The highest BCUT2D eigenvalue weighted by molar-refractivity contribution is 8.76. The van der Waals surface area contributed by atoms with Crippen LogP contribution < -0.4 is 92.1 Å². The molecule has 0 bridgehead atoms. The molecule has 0 saturated carbocycles. The smallest absolute Gasteiger partial charge is 0.327 e. The fourth-order valence-electron chi connectivity index (χ4n) is 11.9. The van der Waals surface area contributed by atoms with Gasteiger partial charge in [0.15, 0.2) is 0 Å². The molecular formula is C76H104N18O19S2. The second-order valence-corrected chi connectivity index (χ2v) is 30.1. The van der Waals surface area contributed by atoms with E-state index in [0.29, 0.717) is 39.6 Å². The lowest BCUT2D eigenvalue weighted by Gasteiger charge is -2.29. The van der Waals surface area contributed by atoms with E-state index in [1.54, 1.807) is 121 Å². The van der Waals surface area contributed by atoms with Gasteiger partial charge < -0.3 is 117 Å². The second kappa shape index (κ2) is 47.6. The first-order chi connectivity index (χ1) is 54.9. The molecule has 1 aliphatic rings. The van der Waals surface area contributed by atoms with E-state index in [9.17, 15) is 78.0 Å². The number of fused-ring (bicyclic) bond motifs is 1. The molecule has 0 aliphatic carbocycles. The molecule has 115 heavy (non-hydrogen) atoms. The molecule has 1 fully saturated rings. The largest absolute Gasteiger partial charge is 0.480 e. The van der Waals surface area contributed by atoms with Crippen molar-refractivity contribution in [3.8, 4) is 0 Å². The molecule has 624 valence electrons. The van der Waals surface area contributed by atoms with Gasteiger partial charge in [-0.1, -0.05) is 131 Å². The van der Waals surface area contributed by atoms with E-state index in [1.165, 1.54) is 6.92 Å². The Morgan fingerprint density at radius 1 is 0.470 bits per heavy atom. The van der Waals surface area contributed by atoms with Crippen molar-refractivity contribution in [3.63, 3.8) is 0 Å². The van der Waals surface area contributed by atoms with Crippen LogP contribution in [0.1, 0.15) is 88.0 Å². The van der Waals surface area contributed by atoms with Gasteiger partial charge >= 0.3 is 5.97 Å². The monoisotopic (exact) mass is 1640 g/mol. The van der Waals surface area contributed by atoms with Crippen molar-refractivity contribution in [3.05, 3.63) is 144 Å². The maximum absolute atomic E-state index is 15.4. The first-order valence-electron chi connectivity index (χ1n) is 37.4. The van der Waals surface area contributed by atoms with Crippen LogP contribution in [0, 0.1) is 0 Å². The number of unbranched alkanes of at least 4 members (excludes halogenated alkanes) is 2. The van der Waals surface area contributed by atoms with E-state index in [1.807, 2.05) is 0 Å². The summed E-state index contributed by atoms with van der Waals surface area (Å²) in [6, 6.07) is 9.57. The molecule has 0 unspecified atom stereocenters. The number of carbonyl (C=O) groups is 15. The maximum Gasteiger partial charge on any atom is 0.327 e. The number of aliphatic hydroxyl groups is 3. The highest BCUT2D eigenvalue weighted by Gasteiger charge is 2.40. The SMILES string of the molecule is C[C@H](N)C(=O)NCC(=O)N[C@@H]1CSSC[C@H](C(=O)O)NC(=O)[C@H](CO)NC(=O)[C@H]([C@@H](C)O)NC(=O)[C@H](Cc2ccccc2)NC(=O)[C@H]([C@@H](C)O)NC(=O)[C@H](CCCCN)NC(=O)[C@H](Cc2c[nH]c3ccccc23)NC(=O)[C@H](Cc2ccccc2)NC(=O)[C@H](Cc2ccccc2)NC(=O)[C@H](CC(N)=O)NC(=O)[C@H](CCCCN)NC1=O. The molecule has 6 rings (SSSR count). The van der Waals surface area contributed by atoms with Crippen LogP contribution in [0.2, 0.25) is 0 Å². The van der Waals surface area contributed by atoms with E-state index in [-0.39, 0.29) is 70.9 Å². The summed E-state index contributed by atoms with van der Waals surface area (Å²) in [4.78, 5) is 217. The number of primary amides is 1. The number of aromatic nitrogens is 1. The molecule has 1 saturated heterocycles. The van der Waals surface area contributed by atoms with E-state index in [0.717, 1.165) is 35.4 Å². The zero-order chi connectivity index (χ0) is 84.3. The maximum atomic E-state index is 15.4. The van der Waals surface area contributed by atoms with Crippen LogP contribution in [0.25, 0.3) is 10.9 Å². The zero-order valence-corrected chi connectivity index (χ0v) is 65.4. The number of rotatable bonds is 26. The highest BCUT2D eigenvalue weighted by atomic mass is 33.1. The van der Waals surface area contributed by atoms with Crippen molar-refractivity contribution < 1.29 is 92.3 Å². The summed E-state index contributed by atoms with van der Waals surface area (Å²) in [7, 11) is 1.49. The molecule has 1 aromatic heterocycles. The third kappa shape index (κ3) is 30.7. The second-order valence-electron chi connectivity index (χ2n) is 27.6. The van der Waals surface area contributed by atoms with Crippen LogP contribution >= 0.6 is 21.6 Å². The van der Waals surface area contributed by atoms with Gasteiger partial charge in [-0.15, -0.1) is 0 Å². The number of amides is 14. The van der Waals surface area contributed by atoms with Crippen molar-refractivity contribution in [2.24, 2.45) is 22.9 Å². The molecular weight excluding hydrogens is 1530 g/mol. The lowest BCUT2D eigenvalue weighted by Crippen LogP contribution is -2.63. The lowest BCUT2D eigenvalue weighted by molar-refractivity contribution is -0.142. The number of hydrogen-bond donors (Lipinski definition) is 22. The molecule has 15 atom stereocenters. The summed E-state index contributed by atoms with van der Waals surface area (Å²) in [6.45, 7) is 1.88. The van der Waals surface area contributed by atoms with Gasteiger partial charge in [0.2, 0.25) is 82.7 Å². The molecule has 4 aromatic carbocycles. The lowest BCUT2D eigenvalue weighted by atomic mass is 10.00. The normalized spacial score (nSPS) is 23.7. The van der Waals surface area contributed by atoms with E-state index in [2.05, 4.69) is 74.1 Å². The van der Waals surface area contributed by atoms with Gasteiger partial charge in [-0.05, 0) is 101 Å². The number of carboxylic acid groups (broad SMARTS) is 1. The van der Waals surface area contributed by atoms with Gasteiger partial charge in [0, 0.05) is 54.3 Å². The van der Waals surface area contributed by atoms with Gasteiger partial charge in [0.05, 0.1) is 37.8 Å². The molecule has 0 spiro atoms. The Hall–Kier alpha value is -11.1. The molecule has 1 aliphatic heterocycles. The van der Waals surface area contributed by atoms with Crippen LogP contribution in [0.3, 0.4) is 0 Å². The molecule has 37 nitrogen and oxygen atoms in total. The van der Waals surface area contributed by atoms with Crippen molar-refractivity contribution >= 4 is 121 Å². The summed E-state index contributed by atoms with van der Waals surface area (Å²) in [6.07, 6.45) is -3.48. The topological polar surface area (TPSA) is 613 Å². The van der Waals surface area contributed by atoms with Crippen molar-refractivity contribution in [2.45, 2.75) is 182 Å². The molecule has 14 amide bonds. The van der Waals surface area contributed by atoms with Crippen molar-refractivity contribution in [1.82, 2.24) is 74.1 Å². The van der Waals surface area contributed by atoms with Gasteiger partial charge in [-0.2, -0.15) is 0 Å². The molecule has 0 radical (unpaired) electrons. The van der Waals surface area contributed by atoms with Gasteiger partial charge in [-0.3, -0.25) is 67.1 Å². The number of aliphatic hydroxyl groups excluding tert-OH is 3. The third-order valence-electron chi connectivity index (χ3n) is 18.3. The number of nitrogens with one attached hydrogen (secondary N) is 14. The van der Waals surface area contributed by atoms with E-state index in [4.69, 9.17) is 22.9 Å². The molecule has 26 N–H and O–H groups in total. The number of carboxylic acids is 1. The van der Waals surface area contributed by atoms with Crippen LogP contribution in [-0.2, 0) is 97.6 Å². The Morgan fingerprint density at radius 2 is 0.852 bits per heavy atom.